The maximum absolute atomic E-state index is 8.37. The van der Waals surface area contributed by atoms with Crippen LogP contribution in [0, 0.1) is 22.7 Å². The molecule has 0 aliphatic rings. The standard InChI is InChI=1S/C9H13N3Si/c1-13(2,3)12(8-4-6-10)9-5-7-11/h4-5,8-9H,1-3H3. The fourth-order valence-corrected chi connectivity index (χ4v) is 1.77. The highest BCUT2D eigenvalue weighted by atomic mass is 28.3. The Morgan fingerprint density at radius 1 is 1.00 bits per heavy atom. The van der Waals surface area contributed by atoms with Crippen LogP contribution in [0.2, 0.25) is 19.6 Å². The van der Waals surface area contributed by atoms with Gasteiger partial charge in [-0.25, -0.2) is 0 Å². The molecule has 0 radical (unpaired) electrons. The molecule has 0 unspecified atom stereocenters. The van der Waals surface area contributed by atoms with Crippen LogP contribution in [-0.2, 0) is 0 Å². The van der Waals surface area contributed by atoms with E-state index in [-0.39, 0.29) is 0 Å². The Kier molecular flexibility index (Phi) is 4.57. The van der Waals surface area contributed by atoms with Gasteiger partial charge < -0.3 is 4.57 Å². The highest BCUT2D eigenvalue weighted by Crippen LogP contribution is 2.10. The van der Waals surface area contributed by atoms with E-state index in [4.69, 9.17) is 10.5 Å². The lowest BCUT2D eigenvalue weighted by Gasteiger charge is -2.28. The number of allylic oxidation sites excluding steroid dienone is 2. The monoisotopic (exact) mass is 191 g/mol. The van der Waals surface area contributed by atoms with Crippen LogP contribution in [0.3, 0.4) is 0 Å². The van der Waals surface area contributed by atoms with Crippen molar-refractivity contribution in [2.75, 3.05) is 0 Å². The lowest BCUT2D eigenvalue weighted by Crippen LogP contribution is -2.38. The van der Waals surface area contributed by atoms with Crippen LogP contribution in [0.15, 0.2) is 24.6 Å². The number of nitriles is 2. The van der Waals surface area contributed by atoms with Gasteiger partial charge in [0.15, 0.2) is 8.24 Å². The number of rotatable bonds is 3. The minimum atomic E-state index is -1.50. The number of hydrogen-bond acceptors (Lipinski definition) is 3. The number of nitrogens with zero attached hydrogens (tertiary/aromatic N) is 3. The second-order valence-electron chi connectivity index (χ2n) is 3.47. The molecule has 0 N–H and O–H groups in total. The zero-order valence-corrected chi connectivity index (χ0v) is 9.15. The van der Waals surface area contributed by atoms with Crippen molar-refractivity contribution in [1.29, 1.82) is 10.5 Å². The summed E-state index contributed by atoms with van der Waals surface area (Å²) in [6, 6.07) is 3.86. The normalized spacial score (nSPS) is 11.5. The summed E-state index contributed by atoms with van der Waals surface area (Å²) in [7, 11) is -1.50. The maximum Gasteiger partial charge on any atom is 0.152 e. The zero-order chi connectivity index (χ0) is 10.3. The maximum atomic E-state index is 8.37. The Morgan fingerprint density at radius 3 is 1.62 bits per heavy atom. The molecule has 0 aromatic carbocycles. The third-order valence-corrected chi connectivity index (χ3v) is 3.24. The van der Waals surface area contributed by atoms with Gasteiger partial charge in [-0.05, 0) is 0 Å². The summed E-state index contributed by atoms with van der Waals surface area (Å²) < 4.78 is 1.94. The Bertz CT molecular complexity index is 261. The van der Waals surface area contributed by atoms with Crippen molar-refractivity contribution in [3.8, 4) is 12.1 Å². The molecule has 0 aliphatic heterocycles. The predicted molar refractivity (Wildman–Crippen MR) is 54.7 cm³/mol. The molecule has 0 spiro atoms. The van der Waals surface area contributed by atoms with Gasteiger partial charge in [0.05, 0.1) is 12.1 Å². The summed E-state index contributed by atoms with van der Waals surface area (Å²) >= 11 is 0. The van der Waals surface area contributed by atoms with Crippen LogP contribution in [0.1, 0.15) is 0 Å². The lowest BCUT2D eigenvalue weighted by atomic mass is 10.6. The fraction of sp³-hybridized carbons (Fsp3) is 0.333. The van der Waals surface area contributed by atoms with E-state index < -0.39 is 8.24 Å². The minimum absolute atomic E-state index is 1.42. The smallest absolute Gasteiger partial charge is 0.152 e. The summed E-state index contributed by atoms with van der Waals surface area (Å²) in [5.41, 5.74) is 0. The molecule has 0 atom stereocenters. The molecule has 0 aromatic rings. The van der Waals surface area contributed by atoms with Crippen molar-refractivity contribution >= 4 is 8.24 Å². The van der Waals surface area contributed by atoms with Crippen LogP contribution in [0.5, 0.6) is 0 Å². The molecule has 0 amide bonds. The fourth-order valence-electron chi connectivity index (χ4n) is 0.724. The van der Waals surface area contributed by atoms with E-state index in [1.165, 1.54) is 12.2 Å². The van der Waals surface area contributed by atoms with Crippen LogP contribution in [-0.4, -0.2) is 12.8 Å². The van der Waals surface area contributed by atoms with Gasteiger partial charge in [0.2, 0.25) is 0 Å². The quantitative estimate of drug-likeness (QED) is 0.507. The average Bonchev–Trinajstić information content (AvgIpc) is 2.02. The molecular weight excluding hydrogens is 178 g/mol. The first kappa shape index (κ1) is 11.5. The van der Waals surface area contributed by atoms with Crippen molar-refractivity contribution in [1.82, 2.24) is 4.57 Å². The van der Waals surface area contributed by atoms with Crippen LogP contribution < -0.4 is 0 Å². The van der Waals surface area contributed by atoms with Gasteiger partial charge in [-0.15, -0.1) is 0 Å². The summed E-state index contributed by atoms with van der Waals surface area (Å²) in [6.45, 7) is 6.41. The second kappa shape index (κ2) is 5.18. The first-order valence-electron chi connectivity index (χ1n) is 3.93. The SMILES string of the molecule is C[Si](C)(C)N(C=CC#N)C=CC#N. The van der Waals surface area contributed by atoms with Crippen molar-refractivity contribution in [3.05, 3.63) is 24.6 Å². The van der Waals surface area contributed by atoms with Crippen molar-refractivity contribution in [2.24, 2.45) is 0 Å². The summed E-state index contributed by atoms with van der Waals surface area (Å²) in [5, 5.41) is 16.7. The van der Waals surface area contributed by atoms with E-state index in [0.717, 1.165) is 0 Å². The van der Waals surface area contributed by atoms with E-state index in [1.54, 1.807) is 12.4 Å². The minimum Gasteiger partial charge on any atom is -0.380 e. The molecule has 13 heavy (non-hydrogen) atoms. The molecule has 0 rings (SSSR count). The van der Waals surface area contributed by atoms with E-state index in [2.05, 4.69) is 19.6 Å². The van der Waals surface area contributed by atoms with E-state index in [0.29, 0.717) is 0 Å². The largest absolute Gasteiger partial charge is 0.380 e. The third-order valence-electron chi connectivity index (χ3n) is 1.39. The first-order valence-corrected chi connectivity index (χ1v) is 7.38. The second-order valence-corrected chi connectivity index (χ2v) is 8.33. The van der Waals surface area contributed by atoms with Crippen LogP contribution in [0.25, 0.3) is 0 Å². The first-order chi connectivity index (χ1) is 6.02. The molecule has 0 bridgehead atoms. The lowest BCUT2D eigenvalue weighted by molar-refractivity contribution is 0.763. The molecular formula is C9H13N3Si. The van der Waals surface area contributed by atoms with E-state index in [1.807, 2.05) is 16.7 Å². The molecule has 68 valence electrons. The van der Waals surface area contributed by atoms with Crippen LogP contribution in [0.4, 0.5) is 0 Å². The van der Waals surface area contributed by atoms with Gasteiger partial charge in [0, 0.05) is 24.6 Å². The van der Waals surface area contributed by atoms with Gasteiger partial charge in [-0.1, -0.05) is 19.6 Å². The van der Waals surface area contributed by atoms with Crippen molar-refractivity contribution < 1.29 is 0 Å². The molecule has 3 nitrogen and oxygen atoms in total. The van der Waals surface area contributed by atoms with Gasteiger partial charge >= 0.3 is 0 Å². The predicted octanol–water partition coefficient (Wildman–Crippen LogP) is 2.20. The van der Waals surface area contributed by atoms with Gasteiger partial charge in [-0.3, -0.25) is 0 Å². The Hall–Kier alpha value is -1.52. The Balaban J connectivity index is 4.61. The zero-order valence-electron chi connectivity index (χ0n) is 8.15. The molecule has 0 saturated carbocycles. The van der Waals surface area contributed by atoms with Gasteiger partial charge in [-0.2, -0.15) is 10.5 Å². The van der Waals surface area contributed by atoms with Gasteiger partial charge in [0.25, 0.3) is 0 Å². The highest BCUT2D eigenvalue weighted by molar-refractivity contribution is 6.73. The average molecular weight is 191 g/mol. The summed E-state index contributed by atoms with van der Waals surface area (Å²) in [5.74, 6) is 0. The molecule has 0 saturated heterocycles. The van der Waals surface area contributed by atoms with Crippen molar-refractivity contribution in [2.45, 2.75) is 19.6 Å². The molecule has 0 fully saturated rings. The number of hydrogen-bond donors (Lipinski definition) is 0. The molecule has 0 aromatic heterocycles. The third kappa shape index (κ3) is 4.84. The van der Waals surface area contributed by atoms with Crippen LogP contribution >= 0.6 is 0 Å². The Morgan fingerprint density at radius 2 is 1.38 bits per heavy atom. The molecule has 0 aliphatic carbocycles. The van der Waals surface area contributed by atoms with Crippen molar-refractivity contribution in [3.63, 3.8) is 0 Å². The van der Waals surface area contributed by atoms with E-state index >= 15 is 0 Å². The summed E-state index contributed by atoms with van der Waals surface area (Å²) in [4.78, 5) is 0. The topological polar surface area (TPSA) is 50.8 Å². The Labute approximate surface area is 80.3 Å². The molecule has 0 heterocycles. The molecule has 4 heteroatoms. The highest BCUT2D eigenvalue weighted by Gasteiger charge is 2.18. The summed E-state index contributed by atoms with van der Waals surface area (Å²) in [6.07, 6.45) is 6.25. The van der Waals surface area contributed by atoms with E-state index in [9.17, 15) is 0 Å². The van der Waals surface area contributed by atoms with Gasteiger partial charge in [0.1, 0.15) is 0 Å².